The Morgan fingerprint density at radius 3 is 2.83 bits per heavy atom. The third kappa shape index (κ3) is 3.21. The molecule has 23 heavy (non-hydrogen) atoms. The molecule has 2 atom stereocenters. The maximum absolute atomic E-state index is 9.67. The number of nitrogens with one attached hydrogen (secondary N) is 2. The SMILES string of the molecule is CNc1nc(NC2(C#N)CCC[C@@H](C)C2)nc(-n2cncn2)n1. The Hall–Kier alpha value is -2.76. The molecule has 0 aliphatic heterocycles. The van der Waals surface area contributed by atoms with Crippen LogP contribution >= 0.6 is 0 Å². The molecule has 2 N–H and O–H groups in total. The summed E-state index contributed by atoms with van der Waals surface area (Å²) >= 11 is 0. The second-order valence-corrected chi connectivity index (χ2v) is 5.89. The monoisotopic (exact) mass is 313 g/mol. The Morgan fingerprint density at radius 2 is 2.17 bits per heavy atom. The maximum Gasteiger partial charge on any atom is 0.258 e. The van der Waals surface area contributed by atoms with E-state index in [2.05, 4.69) is 48.7 Å². The number of aromatic nitrogens is 6. The Labute approximate surface area is 134 Å². The molecule has 1 aliphatic carbocycles. The highest BCUT2D eigenvalue weighted by Crippen LogP contribution is 2.34. The molecule has 1 saturated carbocycles. The van der Waals surface area contributed by atoms with Gasteiger partial charge in [0.2, 0.25) is 11.9 Å². The Morgan fingerprint density at radius 1 is 1.35 bits per heavy atom. The Bertz CT molecular complexity index is 706. The molecule has 1 unspecified atom stereocenters. The molecular formula is C14H19N9. The first-order chi connectivity index (χ1) is 11.1. The van der Waals surface area contributed by atoms with Crippen LogP contribution in [0.15, 0.2) is 12.7 Å². The van der Waals surface area contributed by atoms with Crippen molar-refractivity contribution in [2.45, 2.75) is 38.1 Å². The molecule has 9 heteroatoms. The first-order valence-electron chi connectivity index (χ1n) is 7.62. The number of nitrogens with zero attached hydrogens (tertiary/aromatic N) is 7. The lowest BCUT2D eigenvalue weighted by atomic mass is 9.77. The van der Waals surface area contributed by atoms with Crippen LogP contribution in [0.1, 0.15) is 32.6 Å². The molecule has 9 nitrogen and oxygen atoms in total. The van der Waals surface area contributed by atoms with Crippen molar-refractivity contribution in [3.8, 4) is 12.0 Å². The highest BCUT2D eigenvalue weighted by molar-refractivity contribution is 5.41. The van der Waals surface area contributed by atoms with E-state index in [4.69, 9.17) is 0 Å². The van der Waals surface area contributed by atoms with E-state index in [1.807, 2.05) is 0 Å². The number of anilines is 2. The van der Waals surface area contributed by atoms with Crippen LogP contribution in [-0.2, 0) is 0 Å². The zero-order chi connectivity index (χ0) is 16.3. The van der Waals surface area contributed by atoms with Gasteiger partial charge in [0.05, 0.1) is 6.07 Å². The average Bonchev–Trinajstić information content (AvgIpc) is 3.09. The second-order valence-electron chi connectivity index (χ2n) is 5.89. The molecule has 0 saturated heterocycles. The van der Waals surface area contributed by atoms with Gasteiger partial charge in [-0.05, 0) is 25.2 Å². The third-order valence-electron chi connectivity index (χ3n) is 4.03. The van der Waals surface area contributed by atoms with Crippen LogP contribution in [0.3, 0.4) is 0 Å². The van der Waals surface area contributed by atoms with Crippen molar-refractivity contribution in [2.75, 3.05) is 17.7 Å². The van der Waals surface area contributed by atoms with Crippen molar-refractivity contribution in [3.63, 3.8) is 0 Å². The molecule has 1 fully saturated rings. The summed E-state index contributed by atoms with van der Waals surface area (Å²) in [7, 11) is 1.73. The van der Waals surface area contributed by atoms with E-state index >= 15 is 0 Å². The summed E-state index contributed by atoms with van der Waals surface area (Å²) in [6, 6.07) is 2.42. The van der Waals surface area contributed by atoms with Crippen LogP contribution in [0.2, 0.25) is 0 Å². The van der Waals surface area contributed by atoms with Crippen molar-refractivity contribution in [3.05, 3.63) is 12.7 Å². The first kappa shape index (κ1) is 15.1. The standard InChI is InChI=1S/C14H19N9/c1-10-4-3-5-14(6-10,7-15)22-12-19-11(16-2)20-13(21-12)23-9-17-8-18-23/h8-10H,3-6H2,1-2H3,(H2,16,19,20,21,22)/t10-,14?/m1/s1. The summed E-state index contributed by atoms with van der Waals surface area (Å²) < 4.78 is 1.45. The van der Waals surface area contributed by atoms with Crippen LogP contribution in [0.25, 0.3) is 5.95 Å². The van der Waals surface area contributed by atoms with Crippen LogP contribution < -0.4 is 10.6 Å². The zero-order valence-electron chi connectivity index (χ0n) is 13.2. The summed E-state index contributed by atoms with van der Waals surface area (Å²) in [5.74, 6) is 1.62. The lowest BCUT2D eigenvalue weighted by Gasteiger charge is -2.34. The summed E-state index contributed by atoms with van der Waals surface area (Å²) in [5, 5.41) is 19.8. The van der Waals surface area contributed by atoms with Crippen LogP contribution in [-0.4, -0.2) is 42.3 Å². The van der Waals surface area contributed by atoms with Gasteiger partial charge in [-0.2, -0.15) is 30.0 Å². The predicted octanol–water partition coefficient (Wildman–Crippen LogP) is 1.38. The topological polar surface area (TPSA) is 117 Å². The highest BCUT2D eigenvalue weighted by atomic mass is 15.4. The van der Waals surface area contributed by atoms with E-state index in [0.717, 1.165) is 25.7 Å². The largest absolute Gasteiger partial charge is 0.357 e. The summed E-state index contributed by atoms with van der Waals surface area (Å²) in [6.07, 6.45) is 6.66. The van der Waals surface area contributed by atoms with Crippen molar-refractivity contribution in [2.24, 2.45) is 5.92 Å². The van der Waals surface area contributed by atoms with Crippen LogP contribution in [0.4, 0.5) is 11.9 Å². The summed E-state index contributed by atoms with van der Waals surface area (Å²) in [5.41, 5.74) is -0.635. The van der Waals surface area contributed by atoms with Gasteiger partial charge in [-0.25, -0.2) is 4.98 Å². The molecule has 2 heterocycles. The molecule has 3 rings (SSSR count). The molecule has 2 aromatic rings. The molecule has 0 bridgehead atoms. The molecule has 0 radical (unpaired) electrons. The minimum absolute atomic E-state index is 0.348. The fraction of sp³-hybridized carbons (Fsp3) is 0.571. The van der Waals surface area contributed by atoms with E-state index in [9.17, 15) is 5.26 Å². The lowest BCUT2D eigenvalue weighted by molar-refractivity contribution is 0.307. The van der Waals surface area contributed by atoms with Crippen molar-refractivity contribution >= 4 is 11.9 Å². The van der Waals surface area contributed by atoms with Gasteiger partial charge >= 0.3 is 0 Å². The Balaban J connectivity index is 1.93. The minimum atomic E-state index is -0.635. The summed E-state index contributed by atoms with van der Waals surface area (Å²) in [4.78, 5) is 16.8. The van der Waals surface area contributed by atoms with Gasteiger partial charge in [-0.1, -0.05) is 13.3 Å². The van der Waals surface area contributed by atoms with E-state index in [-0.39, 0.29) is 0 Å². The second kappa shape index (κ2) is 6.16. The molecular weight excluding hydrogens is 294 g/mol. The van der Waals surface area contributed by atoms with E-state index in [1.165, 1.54) is 17.3 Å². The maximum atomic E-state index is 9.67. The van der Waals surface area contributed by atoms with Crippen molar-refractivity contribution < 1.29 is 0 Å². The van der Waals surface area contributed by atoms with Crippen LogP contribution in [0, 0.1) is 17.2 Å². The van der Waals surface area contributed by atoms with Gasteiger partial charge in [0.15, 0.2) is 0 Å². The van der Waals surface area contributed by atoms with E-state index in [0.29, 0.717) is 23.8 Å². The van der Waals surface area contributed by atoms with Gasteiger partial charge in [0, 0.05) is 7.05 Å². The minimum Gasteiger partial charge on any atom is -0.357 e. The number of hydrogen-bond acceptors (Lipinski definition) is 8. The van der Waals surface area contributed by atoms with Crippen LogP contribution in [0.5, 0.6) is 0 Å². The van der Waals surface area contributed by atoms with E-state index in [1.54, 1.807) is 7.05 Å². The molecule has 2 aromatic heterocycles. The Kier molecular flexibility index (Phi) is 4.06. The van der Waals surface area contributed by atoms with Crippen molar-refractivity contribution in [1.82, 2.24) is 29.7 Å². The van der Waals surface area contributed by atoms with Gasteiger partial charge in [0.1, 0.15) is 18.2 Å². The number of hydrogen-bond donors (Lipinski definition) is 2. The quantitative estimate of drug-likeness (QED) is 0.869. The van der Waals surface area contributed by atoms with Gasteiger partial charge in [0.25, 0.3) is 5.95 Å². The smallest absolute Gasteiger partial charge is 0.258 e. The summed E-state index contributed by atoms with van der Waals surface area (Å²) in [6.45, 7) is 2.17. The molecule has 120 valence electrons. The molecule has 0 spiro atoms. The fourth-order valence-electron chi connectivity index (χ4n) is 2.95. The number of nitriles is 1. The molecule has 1 aliphatic rings. The van der Waals surface area contributed by atoms with Gasteiger partial charge < -0.3 is 10.6 Å². The predicted molar refractivity (Wildman–Crippen MR) is 83.9 cm³/mol. The van der Waals surface area contributed by atoms with Gasteiger partial charge in [-0.15, -0.1) is 0 Å². The number of rotatable bonds is 4. The highest BCUT2D eigenvalue weighted by Gasteiger charge is 2.36. The van der Waals surface area contributed by atoms with E-state index < -0.39 is 5.54 Å². The lowest BCUT2D eigenvalue weighted by Crippen LogP contribution is -2.41. The molecule has 0 aromatic carbocycles. The fourth-order valence-corrected chi connectivity index (χ4v) is 2.95. The van der Waals surface area contributed by atoms with Gasteiger partial charge in [-0.3, -0.25) is 0 Å². The normalized spacial score (nSPS) is 24.0. The van der Waals surface area contributed by atoms with Crippen molar-refractivity contribution in [1.29, 1.82) is 5.26 Å². The zero-order valence-corrected chi connectivity index (χ0v) is 13.2. The molecule has 0 amide bonds. The first-order valence-corrected chi connectivity index (χ1v) is 7.62. The average molecular weight is 313 g/mol. The third-order valence-corrected chi connectivity index (χ3v) is 4.03.